The zero-order valence-electron chi connectivity index (χ0n) is 16.2. The Hall–Kier alpha value is -3.95. The summed E-state index contributed by atoms with van der Waals surface area (Å²) in [7, 11) is 4.36. The van der Waals surface area contributed by atoms with Gasteiger partial charge in [-0.25, -0.2) is 0 Å². The first kappa shape index (κ1) is 21.4. The maximum atomic E-state index is 11.8. The second-order valence-corrected chi connectivity index (χ2v) is 5.94. The zero-order chi connectivity index (χ0) is 21.7. The maximum Gasteiger partial charge on any atom is 0.285 e. The summed E-state index contributed by atoms with van der Waals surface area (Å²) in [4.78, 5) is 34.2. The predicted molar refractivity (Wildman–Crippen MR) is 107 cm³/mol. The number of methoxy groups -OCH3 is 2. The number of nitro benzene ring substituents is 2. The van der Waals surface area contributed by atoms with Gasteiger partial charge in [0, 0.05) is 20.0 Å². The van der Waals surface area contributed by atoms with E-state index in [1.807, 2.05) is 0 Å². The molecule has 0 aliphatic carbocycles. The second kappa shape index (κ2) is 8.83. The third-order valence-corrected chi connectivity index (χ3v) is 4.21. The van der Waals surface area contributed by atoms with Gasteiger partial charge >= 0.3 is 0 Å². The molecule has 0 heterocycles. The molecule has 0 aromatic heterocycles. The van der Waals surface area contributed by atoms with Gasteiger partial charge in [0.1, 0.15) is 0 Å². The average Bonchev–Trinajstić information content (AvgIpc) is 2.70. The Kier molecular flexibility index (Phi) is 6.50. The van der Waals surface area contributed by atoms with E-state index in [9.17, 15) is 25.0 Å². The van der Waals surface area contributed by atoms with E-state index in [-0.39, 0.29) is 11.3 Å². The molecule has 0 fully saturated rings. The van der Waals surface area contributed by atoms with E-state index in [2.05, 4.69) is 0 Å². The first-order valence-corrected chi connectivity index (χ1v) is 8.30. The van der Waals surface area contributed by atoms with E-state index in [4.69, 9.17) is 9.47 Å². The van der Waals surface area contributed by atoms with E-state index in [1.54, 1.807) is 24.3 Å². The van der Waals surface area contributed by atoms with E-state index >= 15 is 0 Å². The molecular formula is C19H19N3O7. The smallest absolute Gasteiger partial charge is 0.285 e. The van der Waals surface area contributed by atoms with Gasteiger partial charge in [-0.2, -0.15) is 0 Å². The molecule has 0 radical (unpaired) electrons. The number of hydrogen-bond acceptors (Lipinski definition) is 7. The van der Waals surface area contributed by atoms with Crippen LogP contribution in [0.1, 0.15) is 18.1 Å². The van der Waals surface area contributed by atoms with E-state index < -0.39 is 27.1 Å². The van der Waals surface area contributed by atoms with Crippen LogP contribution >= 0.6 is 0 Å². The molecule has 0 saturated carbocycles. The van der Waals surface area contributed by atoms with Gasteiger partial charge in [-0.05, 0) is 23.8 Å². The van der Waals surface area contributed by atoms with Crippen LogP contribution in [0.2, 0.25) is 0 Å². The quantitative estimate of drug-likeness (QED) is 0.394. The first-order valence-electron chi connectivity index (χ1n) is 8.30. The number of nitrogens with zero attached hydrogens (tertiary/aromatic N) is 3. The van der Waals surface area contributed by atoms with Crippen molar-refractivity contribution >= 4 is 35.1 Å². The molecule has 0 atom stereocenters. The van der Waals surface area contributed by atoms with E-state index in [1.165, 1.54) is 34.3 Å². The number of nitro groups is 2. The second-order valence-electron chi connectivity index (χ2n) is 5.94. The van der Waals surface area contributed by atoms with Crippen molar-refractivity contribution in [3.8, 4) is 11.5 Å². The van der Waals surface area contributed by atoms with Crippen molar-refractivity contribution in [2.24, 2.45) is 0 Å². The number of rotatable bonds is 7. The number of non-ortho nitro benzene ring substituents is 1. The normalized spacial score (nSPS) is 10.6. The summed E-state index contributed by atoms with van der Waals surface area (Å²) in [6.07, 6.45) is 3.01. The van der Waals surface area contributed by atoms with Crippen LogP contribution in [-0.4, -0.2) is 37.0 Å². The predicted octanol–water partition coefficient (Wildman–Crippen LogP) is 3.67. The van der Waals surface area contributed by atoms with Crippen molar-refractivity contribution in [1.82, 2.24) is 0 Å². The van der Waals surface area contributed by atoms with Crippen LogP contribution in [0.5, 0.6) is 11.5 Å². The summed E-state index contributed by atoms with van der Waals surface area (Å²) in [6.45, 7) is 1.26. The maximum absolute atomic E-state index is 11.8. The number of hydrogen-bond donors (Lipinski definition) is 0. The standard InChI is InChI=1S/C19H19N3O7/c1-12(23)20(2)16-10-14(21(24)25)11-17(22(26)27)15(16)7-5-13-6-8-18(28-3)19(9-13)29-4/h5-11H,1-4H3/b7-5+. The fourth-order valence-electron chi connectivity index (χ4n) is 2.62. The summed E-state index contributed by atoms with van der Waals surface area (Å²) < 4.78 is 10.4. The summed E-state index contributed by atoms with van der Waals surface area (Å²) >= 11 is 0. The minimum atomic E-state index is -0.744. The van der Waals surface area contributed by atoms with Gasteiger partial charge in [-0.3, -0.25) is 25.0 Å². The Morgan fingerprint density at radius 2 is 1.66 bits per heavy atom. The van der Waals surface area contributed by atoms with Crippen molar-refractivity contribution in [1.29, 1.82) is 0 Å². The van der Waals surface area contributed by atoms with Crippen LogP contribution in [0, 0.1) is 20.2 Å². The van der Waals surface area contributed by atoms with Crippen LogP contribution < -0.4 is 14.4 Å². The molecule has 2 aromatic rings. The Bertz CT molecular complexity index is 1000. The van der Waals surface area contributed by atoms with E-state index in [0.717, 1.165) is 17.0 Å². The number of benzene rings is 2. The van der Waals surface area contributed by atoms with Crippen molar-refractivity contribution in [3.05, 3.63) is 61.7 Å². The topological polar surface area (TPSA) is 125 Å². The average molecular weight is 401 g/mol. The lowest BCUT2D eigenvalue weighted by molar-refractivity contribution is -0.394. The van der Waals surface area contributed by atoms with Gasteiger partial charge in [-0.15, -0.1) is 0 Å². The Morgan fingerprint density at radius 1 is 1.00 bits per heavy atom. The highest BCUT2D eigenvalue weighted by Gasteiger charge is 2.25. The lowest BCUT2D eigenvalue weighted by Gasteiger charge is -2.17. The highest BCUT2D eigenvalue weighted by molar-refractivity contribution is 5.96. The molecule has 10 heteroatoms. The third kappa shape index (κ3) is 4.67. The van der Waals surface area contributed by atoms with Crippen molar-refractivity contribution in [3.63, 3.8) is 0 Å². The van der Waals surface area contributed by atoms with Gasteiger partial charge in [0.25, 0.3) is 11.4 Å². The molecule has 0 spiro atoms. The number of carbonyl (C=O) groups excluding carboxylic acids is 1. The molecule has 0 N–H and O–H groups in total. The summed E-state index contributed by atoms with van der Waals surface area (Å²) in [5, 5.41) is 22.7. The largest absolute Gasteiger partial charge is 0.493 e. The Morgan fingerprint density at radius 3 is 2.17 bits per heavy atom. The van der Waals surface area contributed by atoms with Gasteiger partial charge in [0.05, 0.1) is 41.4 Å². The molecule has 0 bridgehead atoms. The number of carbonyl (C=O) groups is 1. The molecule has 0 saturated heterocycles. The minimum absolute atomic E-state index is 0.0510. The summed E-state index contributed by atoms with van der Waals surface area (Å²) in [5.41, 5.74) is -0.211. The summed E-state index contributed by atoms with van der Waals surface area (Å²) in [6, 6.07) is 7.05. The fourth-order valence-corrected chi connectivity index (χ4v) is 2.62. The number of amides is 1. The number of anilines is 1. The fraction of sp³-hybridized carbons (Fsp3) is 0.211. The third-order valence-electron chi connectivity index (χ3n) is 4.21. The van der Waals surface area contributed by atoms with Gasteiger partial charge < -0.3 is 14.4 Å². The zero-order valence-corrected chi connectivity index (χ0v) is 16.2. The molecule has 0 aliphatic rings. The first-order chi connectivity index (χ1) is 13.7. The van der Waals surface area contributed by atoms with Gasteiger partial charge in [0.15, 0.2) is 11.5 Å². The molecule has 0 aliphatic heterocycles. The highest BCUT2D eigenvalue weighted by atomic mass is 16.6. The van der Waals surface area contributed by atoms with Crippen molar-refractivity contribution < 1.29 is 24.1 Å². The molecular weight excluding hydrogens is 382 g/mol. The van der Waals surface area contributed by atoms with Gasteiger partial charge in [0.2, 0.25) is 5.91 Å². The van der Waals surface area contributed by atoms with Gasteiger partial charge in [-0.1, -0.05) is 12.1 Å². The minimum Gasteiger partial charge on any atom is -0.493 e. The van der Waals surface area contributed by atoms with Crippen LogP contribution in [0.25, 0.3) is 12.2 Å². The summed E-state index contributed by atoms with van der Waals surface area (Å²) in [5.74, 6) is 0.553. The lowest BCUT2D eigenvalue weighted by Crippen LogP contribution is -2.24. The molecule has 152 valence electrons. The SMILES string of the molecule is COc1ccc(/C=C/c2c(N(C)C(C)=O)cc([N+](=O)[O-])cc2[N+](=O)[O-])cc1OC. The van der Waals surface area contributed by atoms with Crippen molar-refractivity contribution in [2.45, 2.75) is 6.92 Å². The van der Waals surface area contributed by atoms with Crippen LogP contribution in [0.15, 0.2) is 30.3 Å². The van der Waals surface area contributed by atoms with Crippen LogP contribution in [-0.2, 0) is 4.79 Å². The number of ether oxygens (including phenoxy) is 2. The van der Waals surface area contributed by atoms with E-state index in [0.29, 0.717) is 17.1 Å². The molecule has 29 heavy (non-hydrogen) atoms. The molecule has 1 amide bonds. The molecule has 2 rings (SSSR count). The molecule has 0 unspecified atom stereocenters. The monoisotopic (exact) mass is 401 g/mol. The van der Waals surface area contributed by atoms with Crippen LogP contribution in [0.3, 0.4) is 0 Å². The Balaban J connectivity index is 2.66. The lowest BCUT2D eigenvalue weighted by atomic mass is 10.1. The van der Waals surface area contributed by atoms with Crippen LogP contribution in [0.4, 0.5) is 17.1 Å². The van der Waals surface area contributed by atoms with Crippen molar-refractivity contribution in [2.75, 3.05) is 26.2 Å². The molecule has 2 aromatic carbocycles. The Labute approximate surface area is 166 Å². The molecule has 10 nitrogen and oxygen atoms in total. The highest BCUT2D eigenvalue weighted by Crippen LogP contribution is 2.36.